The Labute approximate surface area is 139 Å². The summed E-state index contributed by atoms with van der Waals surface area (Å²) < 4.78 is 10.2. The van der Waals surface area contributed by atoms with Crippen molar-refractivity contribution in [3.8, 4) is 0 Å². The van der Waals surface area contributed by atoms with E-state index in [1.165, 1.54) is 5.01 Å². The van der Waals surface area contributed by atoms with Crippen molar-refractivity contribution >= 4 is 17.6 Å². The van der Waals surface area contributed by atoms with Crippen LogP contribution in [0.5, 0.6) is 0 Å². The first-order valence-corrected chi connectivity index (χ1v) is 7.83. The number of carbonyl (C=O) groups is 2. The zero-order chi connectivity index (χ0) is 16.8. The molecule has 1 aromatic heterocycles. The molecular weight excluding hydrogens is 308 g/mol. The molecule has 1 aliphatic heterocycles. The van der Waals surface area contributed by atoms with E-state index in [2.05, 4.69) is 5.10 Å². The van der Waals surface area contributed by atoms with Crippen LogP contribution in [0.2, 0.25) is 0 Å². The molecule has 0 bridgehead atoms. The van der Waals surface area contributed by atoms with Crippen molar-refractivity contribution in [2.75, 3.05) is 13.2 Å². The van der Waals surface area contributed by atoms with Crippen molar-refractivity contribution in [1.82, 2.24) is 5.01 Å². The summed E-state index contributed by atoms with van der Waals surface area (Å²) in [7, 11) is 0. The van der Waals surface area contributed by atoms with Crippen LogP contribution in [0.1, 0.15) is 24.2 Å². The maximum Gasteiger partial charge on any atom is 0.306 e. The molecule has 3 rings (SSSR count). The van der Waals surface area contributed by atoms with Crippen LogP contribution in [0.4, 0.5) is 0 Å². The predicted molar refractivity (Wildman–Crippen MR) is 87.3 cm³/mol. The topological polar surface area (TPSA) is 72.1 Å². The van der Waals surface area contributed by atoms with Crippen molar-refractivity contribution in [3.05, 3.63) is 60.1 Å². The molecule has 0 unspecified atom stereocenters. The van der Waals surface area contributed by atoms with Gasteiger partial charge < -0.3 is 9.15 Å². The van der Waals surface area contributed by atoms with Crippen LogP contribution in [-0.4, -0.2) is 35.7 Å². The summed E-state index contributed by atoms with van der Waals surface area (Å²) in [4.78, 5) is 23.8. The van der Waals surface area contributed by atoms with Crippen molar-refractivity contribution in [2.24, 2.45) is 5.10 Å². The molecule has 0 aliphatic carbocycles. The molecule has 124 valence electrons. The Balaban J connectivity index is 1.45. The van der Waals surface area contributed by atoms with Gasteiger partial charge in [0.15, 0.2) is 6.61 Å². The Kier molecular flexibility index (Phi) is 5.05. The van der Waals surface area contributed by atoms with Gasteiger partial charge in [-0.2, -0.15) is 5.10 Å². The van der Waals surface area contributed by atoms with Gasteiger partial charge in [-0.15, -0.1) is 0 Å². The van der Waals surface area contributed by atoms with E-state index < -0.39 is 5.97 Å². The number of esters is 1. The zero-order valence-corrected chi connectivity index (χ0v) is 13.2. The number of hydrogen-bond acceptors (Lipinski definition) is 5. The van der Waals surface area contributed by atoms with Crippen molar-refractivity contribution in [1.29, 1.82) is 0 Å². The second-order valence-electron chi connectivity index (χ2n) is 5.42. The number of nitrogens with zero attached hydrogens (tertiary/aromatic N) is 2. The summed E-state index contributed by atoms with van der Waals surface area (Å²) in [5.74, 6) is -0.0200. The minimum Gasteiger partial charge on any atom is -0.469 e. The molecular formula is C18H18N2O4. The lowest BCUT2D eigenvalue weighted by Gasteiger charge is -2.11. The summed E-state index contributed by atoms with van der Waals surface area (Å²) in [5, 5.41) is 5.68. The van der Waals surface area contributed by atoms with Gasteiger partial charge in [-0.1, -0.05) is 30.3 Å². The maximum absolute atomic E-state index is 12.1. The molecule has 1 aliphatic rings. The Morgan fingerprint density at radius 2 is 2.00 bits per heavy atom. The van der Waals surface area contributed by atoms with Crippen LogP contribution in [0, 0.1) is 0 Å². The summed E-state index contributed by atoms with van der Waals surface area (Å²) in [5.41, 5.74) is 1.87. The quantitative estimate of drug-likeness (QED) is 0.764. The number of aryl methyl sites for hydroxylation is 1. The monoisotopic (exact) mass is 326 g/mol. The highest BCUT2D eigenvalue weighted by Crippen LogP contribution is 2.14. The Morgan fingerprint density at radius 3 is 2.75 bits per heavy atom. The van der Waals surface area contributed by atoms with E-state index in [4.69, 9.17) is 9.15 Å². The second-order valence-corrected chi connectivity index (χ2v) is 5.42. The molecule has 0 spiro atoms. The van der Waals surface area contributed by atoms with E-state index in [1.54, 1.807) is 18.4 Å². The molecule has 0 saturated carbocycles. The largest absolute Gasteiger partial charge is 0.469 e. The first-order chi connectivity index (χ1) is 11.7. The van der Waals surface area contributed by atoms with Crippen LogP contribution in [0.15, 0.2) is 58.2 Å². The third kappa shape index (κ3) is 4.10. The zero-order valence-electron chi connectivity index (χ0n) is 13.2. The highest BCUT2D eigenvalue weighted by Gasteiger charge is 2.22. The third-order valence-electron chi connectivity index (χ3n) is 3.71. The Hall–Kier alpha value is -2.89. The molecule has 6 heteroatoms. The van der Waals surface area contributed by atoms with Gasteiger partial charge in [0, 0.05) is 12.8 Å². The number of ether oxygens (including phenoxy) is 1. The van der Waals surface area contributed by atoms with Crippen LogP contribution in [0.3, 0.4) is 0 Å². The molecule has 6 nitrogen and oxygen atoms in total. The molecule has 0 saturated heterocycles. The normalized spacial score (nSPS) is 13.7. The molecule has 0 fully saturated rings. The van der Waals surface area contributed by atoms with Gasteiger partial charge in [-0.25, -0.2) is 5.01 Å². The van der Waals surface area contributed by atoms with Crippen molar-refractivity contribution < 1.29 is 18.7 Å². The van der Waals surface area contributed by atoms with Gasteiger partial charge in [0.2, 0.25) is 0 Å². The summed E-state index contributed by atoms with van der Waals surface area (Å²) >= 11 is 0. The van der Waals surface area contributed by atoms with E-state index in [0.29, 0.717) is 19.4 Å². The number of amides is 1. The van der Waals surface area contributed by atoms with Crippen LogP contribution >= 0.6 is 0 Å². The number of carbonyl (C=O) groups excluding carboxylic acids is 2. The van der Waals surface area contributed by atoms with E-state index in [-0.39, 0.29) is 18.9 Å². The molecule has 2 aromatic rings. The summed E-state index contributed by atoms with van der Waals surface area (Å²) in [6, 6.07) is 13.3. The minimum absolute atomic E-state index is 0.180. The number of furan rings is 1. The van der Waals surface area contributed by atoms with Gasteiger partial charge in [-0.05, 0) is 17.7 Å². The number of hydrogen-bond donors (Lipinski definition) is 0. The maximum atomic E-state index is 12.1. The number of benzene rings is 1. The second kappa shape index (κ2) is 7.59. The molecule has 0 radical (unpaired) electrons. The average molecular weight is 326 g/mol. The standard InChI is InChI=1S/C18H18N2O4/c21-17(13-24-18(22)9-8-15-7-4-12-23-15)20-11-10-16(19-20)14-5-2-1-3-6-14/h1-7,12H,8-11,13H2. The fourth-order valence-corrected chi connectivity index (χ4v) is 2.44. The number of hydrazone groups is 1. The highest BCUT2D eigenvalue weighted by molar-refractivity contribution is 6.02. The molecule has 1 amide bonds. The first-order valence-electron chi connectivity index (χ1n) is 7.83. The van der Waals surface area contributed by atoms with E-state index >= 15 is 0 Å². The SMILES string of the molecule is O=C(CCc1ccco1)OCC(=O)N1CCC(c2ccccc2)=N1. The van der Waals surface area contributed by atoms with Crippen LogP contribution in [0.25, 0.3) is 0 Å². The average Bonchev–Trinajstić information content (AvgIpc) is 3.30. The molecule has 1 aromatic carbocycles. The minimum atomic E-state index is -0.425. The Morgan fingerprint density at radius 1 is 1.17 bits per heavy atom. The van der Waals surface area contributed by atoms with Crippen molar-refractivity contribution in [2.45, 2.75) is 19.3 Å². The fourth-order valence-electron chi connectivity index (χ4n) is 2.44. The fraction of sp³-hybridized carbons (Fsp3) is 0.278. The van der Waals surface area contributed by atoms with Gasteiger partial charge in [0.05, 0.1) is 24.9 Å². The van der Waals surface area contributed by atoms with Crippen molar-refractivity contribution in [3.63, 3.8) is 0 Å². The molecule has 0 atom stereocenters. The Bertz CT molecular complexity index is 723. The lowest BCUT2D eigenvalue weighted by molar-refractivity contribution is -0.151. The smallest absolute Gasteiger partial charge is 0.306 e. The third-order valence-corrected chi connectivity index (χ3v) is 3.71. The van der Waals surface area contributed by atoms with Crippen LogP contribution in [-0.2, 0) is 20.7 Å². The van der Waals surface area contributed by atoms with Crippen LogP contribution < -0.4 is 0 Å². The lowest BCUT2D eigenvalue weighted by Crippen LogP contribution is -2.28. The van der Waals surface area contributed by atoms with E-state index in [1.807, 2.05) is 30.3 Å². The van der Waals surface area contributed by atoms with Gasteiger partial charge in [-0.3, -0.25) is 9.59 Å². The first kappa shape index (κ1) is 16.0. The highest BCUT2D eigenvalue weighted by atomic mass is 16.5. The van der Waals surface area contributed by atoms with Gasteiger partial charge in [0.1, 0.15) is 5.76 Å². The van der Waals surface area contributed by atoms with E-state index in [0.717, 1.165) is 17.0 Å². The molecule has 24 heavy (non-hydrogen) atoms. The lowest BCUT2D eigenvalue weighted by atomic mass is 10.1. The predicted octanol–water partition coefficient (Wildman–Crippen LogP) is 2.39. The molecule has 2 heterocycles. The van der Waals surface area contributed by atoms with Gasteiger partial charge in [0.25, 0.3) is 5.91 Å². The summed E-state index contributed by atoms with van der Waals surface area (Å²) in [6.07, 6.45) is 2.89. The summed E-state index contributed by atoms with van der Waals surface area (Å²) in [6.45, 7) is 0.218. The molecule has 0 N–H and O–H groups in total. The van der Waals surface area contributed by atoms with Gasteiger partial charge >= 0.3 is 5.97 Å². The number of rotatable bonds is 6. The van der Waals surface area contributed by atoms with E-state index in [9.17, 15) is 9.59 Å².